The topological polar surface area (TPSA) is 12.0 Å². The summed E-state index contributed by atoms with van der Waals surface area (Å²) < 4.78 is 14.2. The first-order chi connectivity index (χ1) is 8.06. The van der Waals surface area contributed by atoms with Gasteiger partial charge in [0.05, 0.1) is 16.1 Å². The van der Waals surface area contributed by atoms with E-state index in [0.717, 1.165) is 9.21 Å². The standard InChI is InChI=1S/C12H10Cl2FNS/c1-7(11-4-5-12(14)17-11)16-10-6-8(13)2-3-9(10)15/h2-7,16H,1H3. The predicted octanol–water partition coefficient (Wildman–Crippen LogP) is 5.37. The van der Waals surface area contributed by atoms with E-state index < -0.39 is 0 Å². The molecule has 0 spiro atoms. The Morgan fingerprint density at radius 1 is 1.24 bits per heavy atom. The minimum absolute atomic E-state index is 0.0135. The van der Waals surface area contributed by atoms with E-state index in [1.165, 1.54) is 23.5 Å². The summed E-state index contributed by atoms with van der Waals surface area (Å²) in [7, 11) is 0. The summed E-state index contributed by atoms with van der Waals surface area (Å²) in [6.07, 6.45) is 0. The lowest BCUT2D eigenvalue weighted by atomic mass is 10.2. The third-order valence-corrected chi connectivity index (χ3v) is 3.97. The largest absolute Gasteiger partial charge is 0.375 e. The van der Waals surface area contributed by atoms with Gasteiger partial charge in [-0.2, -0.15) is 0 Å². The van der Waals surface area contributed by atoms with E-state index in [2.05, 4.69) is 5.32 Å². The van der Waals surface area contributed by atoms with E-state index >= 15 is 0 Å². The molecule has 0 amide bonds. The van der Waals surface area contributed by atoms with E-state index in [4.69, 9.17) is 23.2 Å². The molecule has 0 aliphatic heterocycles. The summed E-state index contributed by atoms with van der Waals surface area (Å²) in [5, 5.41) is 3.58. The summed E-state index contributed by atoms with van der Waals surface area (Å²) >= 11 is 13.2. The molecule has 90 valence electrons. The van der Waals surface area contributed by atoms with Crippen LogP contribution in [0.3, 0.4) is 0 Å². The third kappa shape index (κ3) is 3.12. The molecular weight excluding hydrogens is 280 g/mol. The molecule has 1 aromatic heterocycles. The fourth-order valence-electron chi connectivity index (χ4n) is 1.47. The molecule has 0 aliphatic carbocycles. The van der Waals surface area contributed by atoms with Gasteiger partial charge in [0.15, 0.2) is 0 Å². The van der Waals surface area contributed by atoms with E-state index in [0.29, 0.717) is 10.7 Å². The van der Waals surface area contributed by atoms with Gasteiger partial charge in [0, 0.05) is 9.90 Å². The van der Waals surface area contributed by atoms with Gasteiger partial charge >= 0.3 is 0 Å². The van der Waals surface area contributed by atoms with Crippen molar-refractivity contribution in [2.45, 2.75) is 13.0 Å². The summed E-state index contributed by atoms with van der Waals surface area (Å²) in [4.78, 5) is 1.05. The van der Waals surface area contributed by atoms with Crippen LogP contribution in [-0.2, 0) is 0 Å². The van der Waals surface area contributed by atoms with Gasteiger partial charge in [-0.25, -0.2) is 4.39 Å². The normalized spacial score (nSPS) is 12.5. The Kier molecular flexibility index (Phi) is 3.92. The summed E-state index contributed by atoms with van der Waals surface area (Å²) in [6.45, 7) is 1.95. The van der Waals surface area contributed by atoms with Crippen molar-refractivity contribution >= 4 is 40.2 Å². The zero-order valence-electron chi connectivity index (χ0n) is 9.01. The van der Waals surface area contributed by atoms with E-state index in [1.54, 1.807) is 6.07 Å². The van der Waals surface area contributed by atoms with Crippen molar-refractivity contribution in [2.75, 3.05) is 5.32 Å². The molecule has 5 heteroatoms. The van der Waals surface area contributed by atoms with Gasteiger partial charge in [0.25, 0.3) is 0 Å². The highest BCUT2D eigenvalue weighted by molar-refractivity contribution is 7.16. The number of thiophene rings is 1. The zero-order valence-corrected chi connectivity index (χ0v) is 11.3. The average molecular weight is 290 g/mol. The Hall–Kier alpha value is -0.770. The number of nitrogens with one attached hydrogen (secondary N) is 1. The fraction of sp³-hybridized carbons (Fsp3) is 0.167. The molecule has 1 unspecified atom stereocenters. The highest BCUT2D eigenvalue weighted by atomic mass is 35.5. The monoisotopic (exact) mass is 289 g/mol. The van der Waals surface area contributed by atoms with Crippen LogP contribution < -0.4 is 5.32 Å². The van der Waals surface area contributed by atoms with Crippen molar-refractivity contribution in [1.29, 1.82) is 0 Å². The zero-order chi connectivity index (χ0) is 12.4. The van der Waals surface area contributed by atoms with Crippen LogP contribution in [0.4, 0.5) is 10.1 Å². The minimum Gasteiger partial charge on any atom is -0.375 e. The number of hydrogen-bond acceptors (Lipinski definition) is 2. The average Bonchev–Trinajstić information content (AvgIpc) is 2.70. The molecule has 1 atom stereocenters. The Labute approximate surface area is 113 Å². The first kappa shape index (κ1) is 12.7. The summed E-state index contributed by atoms with van der Waals surface area (Å²) in [6, 6.07) is 8.18. The van der Waals surface area contributed by atoms with Crippen LogP contribution in [0, 0.1) is 5.82 Å². The molecule has 0 fully saturated rings. The van der Waals surface area contributed by atoms with Gasteiger partial charge in [-0.3, -0.25) is 0 Å². The molecular formula is C12H10Cl2FNS. The van der Waals surface area contributed by atoms with Gasteiger partial charge < -0.3 is 5.32 Å². The minimum atomic E-state index is -0.316. The molecule has 0 saturated heterocycles. The third-order valence-electron chi connectivity index (χ3n) is 2.32. The van der Waals surface area contributed by atoms with Crippen LogP contribution in [0.1, 0.15) is 17.8 Å². The first-order valence-electron chi connectivity index (χ1n) is 5.03. The van der Waals surface area contributed by atoms with E-state index in [1.807, 2.05) is 19.1 Å². The van der Waals surface area contributed by atoms with Crippen molar-refractivity contribution < 1.29 is 4.39 Å². The molecule has 2 aromatic rings. The second kappa shape index (κ2) is 5.25. The lowest BCUT2D eigenvalue weighted by Gasteiger charge is -2.14. The van der Waals surface area contributed by atoms with Crippen LogP contribution >= 0.6 is 34.5 Å². The fourth-order valence-corrected chi connectivity index (χ4v) is 2.71. The van der Waals surface area contributed by atoms with Gasteiger partial charge in [-0.15, -0.1) is 11.3 Å². The Morgan fingerprint density at radius 3 is 2.65 bits per heavy atom. The lowest BCUT2D eigenvalue weighted by molar-refractivity contribution is 0.628. The van der Waals surface area contributed by atoms with Crippen molar-refractivity contribution in [2.24, 2.45) is 0 Å². The molecule has 1 aromatic carbocycles. The number of anilines is 1. The maximum Gasteiger partial charge on any atom is 0.146 e. The van der Waals surface area contributed by atoms with Crippen LogP contribution in [0.5, 0.6) is 0 Å². The number of halogens is 3. The van der Waals surface area contributed by atoms with Crippen molar-refractivity contribution in [1.82, 2.24) is 0 Å². The maximum absolute atomic E-state index is 13.5. The van der Waals surface area contributed by atoms with Crippen molar-refractivity contribution in [3.8, 4) is 0 Å². The summed E-state index contributed by atoms with van der Waals surface area (Å²) in [5.74, 6) is -0.316. The van der Waals surface area contributed by atoms with Crippen LogP contribution in [0.15, 0.2) is 30.3 Å². The maximum atomic E-state index is 13.5. The Morgan fingerprint density at radius 2 is 2.00 bits per heavy atom. The second-order valence-corrected chi connectivity index (χ2v) is 5.82. The molecule has 1 heterocycles. The van der Waals surface area contributed by atoms with Crippen molar-refractivity contribution in [3.63, 3.8) is 0 Å². The Balaban J connectivity index is 2.18. The number of rotatable bonds is 3. The van der Waals surface area contributed by atoms with E-state index in [9.17, 15) is 4.39 Å². The van der Waals surface area contributed by atoms with Gasteiger partial charge in [-0.05, 0) is 37.3 Å². The van der Waals surface area contributed by atoms with Gasteiger partial charge in [0.2, 0.25) is 0 Å². The van der Waals surface area contributed by atoms with Gasteiger partial charge in [-0.1, -0.05) is 23.2 Å². The van der Waals surface area contributed by atoms with Crippen molar-refractivity contribution in [3.05, 3.63) is 50.4 Å². The predicted molar refractivity (Wildman–Crippen MR) is 72.8 cm³/mol. The molecule has 1 nitrogen and oxygen atoms in total. The van der Waals surface area contributed by atoms with E-state index in [-0.39, 0.29) is 11.9 Å². The first-order valence-corrected chi connectivity index (χ1v) is 6.60. The molecule has 17 heavy (non-hydrogen) atoms. The number of hydrogen-bond donors (Lipinski definition) is 1. The highest BCUT2D eigenvalue weighted by Gasteiger charge is 2.10. The van der Waals surface area contributed by atoms with Crippen LogP contribution in [0.25, 0.3) is 0 Å². The SMILES string of the molecule is CC(Nc1cc(Cl)ccc1F)c1ccc(Cl)s1. The molecule has 1 N–H and O–H groups in total. The highest BCUT2D eigenvalue weighted by Crippen LogP contribution is 2.30. The summed E-state index contributed by atoms with van der Waals surface area (Å²) in [5.41, 5.74) is 0.398. The molecule has 0 saturated carbocycles. The Bertz CT molecular complexity index is 527. The smallest absolute Gasteiger partial charge is 0.146 e. The molecule has 0 aliphatic rings. The second-order valence-electron chi connectivity index (χ2n) is 3.63. The van der Waals surface area contributed by atoms with Crippen LogP contribution in [0.2, 0.25) is 9.36 Å². The molecule has 0 radical (unpaired) electrons. The van der Waals surface area contributed by atoms with Gasteiger partial charge in [0.1, 0.15) is 5.82 Å². The quantitative estimate of drug-likeness (QED) is 0.801. The molecule has 2 rings (SSSR count). The number of benzene rings is 1. The lowest BCUT2D eigenvalue weighted by Crippen LogP contribution is -2.06. The van der Waals surface area contributed by atoms with Crippen LogP contribution in [-0.4, -0.2) is 0 Å². The molecule has 0 bridgehead atoms.